The highest BCUT2D eigenvalue weighted by atomic mass is 16.5. The number of anilines is 1. The first kappa shape index (κ1) is 24.8. The molecule has 0 spiro atoms. The second-order valence-corrected chi connectivity index (χ2v) is 8.32. The number of carbonyl (C=O) groups excluding carboxylic acids is 2. The molecule has 0 heterocycles. The number of hydrogen-bond acceptors (Lipinski definition) is 4. The average Bonchev–Trinajstić information content (AvgIpc) is 2.83. The molecule has 0 bridgehead atoms. The molecule has 34 heavy (non-hydrogen) atoms. The minimum Gasteiger partial charge on any atom is -0.490 e. The highest BCUT2D eigenvalue weighted by molar-refractivity contribution is 6.06. The van der Waals surface area contributed by atoms with Crippen LogP contribution in [0.1, 0.15) is 53.7 Å². The number of benzene rings is 3. The molecule has 3 aromatic rings. The van der Waals surface area contributed by atoms with Gasteiger partial charge in [-0.25, -0.2) is 0 Å². The van der Waals surface area contributed by atoms with E-state index in [1.54, 1.807) is 24.3 Å². The molecule has 0 aromatic heterocycles. The van der Waals surface area contributed by atoms with E-state index in [-0.39, 0.29) is 18.3 Å². The minimum atomic E-state index is -0.260. The van der Waals surface area contributed by atoms with Crippen LogP contribution in [-0.2, 0) is 4.79 Å². The summed E-state index contributed by atoms with van der Waals surface area (Å²) in [5.41, 5.74) is 4.48. The van der Waals surface area contributed by atoms with E-state index >= 15 is 0 Å². The van der Waals surface area contributed by atoms with Gasteiger partial charge in [-0.1, -0.05) is 68.0 Å². The van der Waals surface area contributed by atoms with Crippen molar-refractivity contribution in [3.8, 4) is 11.5 Å². The van der Waals surface area contributed by atoms with Gasteiger partial charge >= 0.3 is 0 Å². The molecule has 1 N–H and O–H groups in total. The minimum absolute atomic E-state index is 0.0682. The Balaban J connectivity index is 1.64. The van der Waals surface area contributed by atoms with Crippen LogP contribution < -0.4 is 14.8 Å². The lowest BCUT2D eigenvalue weighted by molar-refractivity contribution is -0.118. The molecule has 0 aliphatic heterocycles. The highest BCUT2D eigenvalue weighted by Gasteiger charge is 2.10. The van der Waals surface area contributed by atoms with Gasteiger partial charge in [-0.15, -0.1) is 0 Å². The first-order valence-electron chi connectivity index (χ1n) is 11.4. The third-order valence-electron chi connectivity index (χ3n) is 5.25. The summed E-state index contributed by atoms with van der Waals surface area (Å²) in [6.07, 6.45) is 3.29. The van der Waals surface area contributed by atoms with Crippen molar-refractivity contribution < 1.29 is 19.1 Å². The Bertz CT molecular complexity index is 1150. The van der Waals surface area contributed by atoms with Crippen molar-refractivity contribution in [1.82, 2.24) is 0 Å². The number of rotatable bonds is 10. The molecule has 3 rings (SSSR count). The normalized spacial score (nSPS) is 11.0. The Morgan fingerprint density at radius 1 is 0.912 bits per heavy atom. The van der Waals surface area contributed by atoms with Crippen LogP contribution in [0, 0.1) is 6.92 Å². The van der Waals surface area contributed by atoms with E-state index in [0.717, 1.165) is 11.1 Å². The van der Waals surface area contributed by atoms with E-state index in [2.05, 4.69) is 19.2 Å². The van der Waals surface area contributed by atoms with Crippen LogP contribution in [0.25, 0.3) is 6.08 Å². The quantitative estimate of drug-likeness (QED) is 0.281. The average molecular weight is 458 g/mol. The summed E-state index contributed by atoms with van der Waals surface area (Å²) in [7, 11) is 0. The molecule has 0 aliphatic carbocycles. The molecule has 0 saturated heterocycles. The molecule has 0 unspecified atom stereocenters. The lowest BCUT2D eigenvalue weighted by Crippen LogP contribution is -2.20. The second kappa shape index (κ2) is 11.8. The fourth-order valence-corrected chi connectivity index (χ4v) is 3.29. The van der Waals surface area contributed by atoms with Crippen LogP contribution in [0.15, 0.2) is 72.8 Å². The molecule has 0 aliphatic rings. The van der Waals surface area contributed by atoms with Gasteiger partial charge in [-0.2, -0.15) is 0 Å². The van der Waals surface area contributed by atoms with Crippen molar-refractivity contribution in [2.45, 2.75) is 33.6 Å². The molecule has 0 fully saturated rings. The van der Waals surface area contributed by atoms with Crippen molar-refractivity contribution in [2.24, 2.45) is 0 Å². The van der Waals surface area contributed by atoms with Gasteiger partial charge in [0.2, 0.25) is 0 Å². The molecule has 0 atom stereocenters. The predicted octanol–water partition coefficient (Wildman–Crippen LogP) is 6.43. The monoisotopic (exact) mass is 457 g/mol. The first-order chi connectivity index (χ1) is 16.4. The number of allylic oxidation sites excluding steroid dienone is 1. The number of ketones is 1. The molecule has 1 amide bonds. The summed E-state index contributed by atoms with van der Waals surface area (Å²) >= 11 is 0. The molecule has 5 heteroatoms. The Kier molecular flexibility index (Phi) is 8.63. The molecular weight excluding hydrogens is 426 g/mol. The molecule has 3 aromatic carbocycles. The van der Waals surface area contributed by atoms with Crippen LogP contribution in [0.2, 0.25) is 0 Å². The first-order valence-corrected chi connectivity index (χ1v) is 11.4. The van der Waals surface area contributed by atoms with Crippen molar-refractivity contribution >= 4 is 23.5 Å². The van der Waals surface area contributed by atoms with Crippen LogP contribution in [-0.4, -0.2) is 24.9 Å². The third kappa shape index (κ3) is 7.07. The largest absolute Gasteiger partial charge is 0.490 e. The van der Waals surface area contributed by atoms with E-state index in [9.17, 15) is 9.59 Å². The number of hydrogen-bond donors (Lipinski definition) is 1. The Morgan fingerprint density at radius 3 is 2.26 bits per heavy atom. The van der Waals surface area contributed by atoms with Gasteiger partial charge in [0.15, 0.2) is 23.9 Å². The lowest BCUT2D eigenvalue weighted by Gasteiger charge is -2.13. The Hall–Kier alpha value is -3.86. The van der Waals surface area contributed by atoms with Gasteiger partial charge in [0.1, 0.15) is 0 Å². The SMILES string of the molecule is CCOc1cc(/C=C/C(=O)c2ccc(C(C)C)cc2)ccc1OCC(=O)Nc1ccc(C)cc1. The van der Waals surface area contributed by atoms with Gasteiger partial charge in [-0.05, 0) is 61.2 Å². The standard InChI is InChI=1S/C29H31NO4/c1-5-33-28-18-22(8-16-26(31)24-12-10-23(11-13-24)20(2)3)9-17-27(28)34-19-29(32)30-25-14-6-21(4)7-15-25/h6-18,20H,5,19H2,1-4H3,(H,30,32)/b16-8+. The van der Waals surface area contributed by atoms with Crippen LogP contribution in [0.3, 0.4) is 0 Å². The van der Waals surface area contributed by atoms with Gasteiger partial charge in [-0.3, -0.25) is 9.59 Å². The smallest absolute Gasteiger partial charge is 0.262 e. The Labute approximate surface area is 201 Å². The second-order valence-electron chi connectivity index (χ2n) is 8.32. The fourth-order valence-electron chi connectivity index (χ4n) is 3.29. The maximum absolute atomic E-state index is 12.5. The van der Waals surface area contributed by atoms with Crippen molar-refractivity contribution in [3.63, 3.8) is 0 Å². The van der Waals surface area contributed by atoms with Crippen molar-refractivity contribution in [3.05, 3.63) is 95.1 Å². The van der Waals surface area contributed by atoms with Gasteiger partial charge < -0.3 is 14.8 Å². The number of aryl methyl sites for hydroxylation is 1. The van der Waals surface area contributed by atoms with E-state index in [1.165, 1.54) is 5.56 Å². The number of nitrogens with one attached hydrogen (secondary N) is 1. The van der Waals surface area contributed by atoms with Crippen LogP contribution >= 0.6 is 0 Å². The predicted molar refractivity (Wildman–Crippen MR) is 137 cm³/mol. The van der Waals surface area contributed by atoms with Crippen molar-refractivity contribution in [1.29, 1.82) is 0 Å². The summed E-state index contributed by atoms with van der Waals surface area (Å²) in [4.78, 5) is 24.8. The molecule has 176 valence electrons. The number of amides is 1. The van der Waals surface area contributed by atoms with E-state index < -0.39 is 0 Å². The zero-order chi connectivity index (χ0) is 24.5. The maximum atomic E-state index is 12.5. The molecule has 0 radical (unpaired) electrons. The summed E-state index contributed by atoms with van der Waals surface area (Å²) in [6.45, 7) is 8.41. The summed E-state index contributed by atoms with van der Waals surface area (Å²) < 4.78 is 11.4. The zero-order valence-corrected chi connectivity index (χ0v) is 20.1. The summed E-state index contributed by atoms with van der Waals surface area (Å²) in [6, 6.07) is 20.6. The van der Waals surface area contributed by atoms with Gasteiger partial charge in [0.25, 0.3) is 5.91 Å². The van der Waals surface area contributed by atoms with E-state index in [0.29, 0.717) is 35.3 Å². The van der Waals surface area contributed by atoms with Crippen LogP contribution in [0.5, 0.6) is 11.5 Å². The molecule has 0 saturated carbocycles. The third-order valence-corrected chi connectivity index (χ3v) is 5.25. The lowest BCUT2D eigenvalue weighted by atomic mass is 10.0. The zero-order valence-electron chi connectivity index (χ0n) is 20.1. The van der Waals surface area contributed by atoms with E-state index in [1.807, 2.05) is 68.4 Å². The summed E-state index contributed by atoms with van der Waals surface area (Å²) in [5, 5.41) is 2.81. The van der Waals surface area contributed by atoms with Gasteiger partial charge in [0.05, 0.1) is 6.61 Å². The summed E-state index contributed by atoms with van der Waals surface area (Å²) in [5.74, 6) is 1.08. The number of carbonyl (C=O) groups is 2. The van der Waals surface area contributed by atoms with E-state index in [4.69, 9.17) is 9.47 Å². The Morgan fingerprint density at radius 2 is 1.62 bits per heavy atom. The maximum Gasteiger partial charge on any atom is 0.262 e. The van der Waals surface area contributed by atoms with Crippen molar-refractivity contribution in [2.75, 3.05) is 18.5 Å². The molecule has 5 nitrogen and oxygen atoms in total. The van der Waals surface area contributed by atoms with Gasteiger partial charge in [0, 0.05) is 11.3 Å². The molecular formula is C29H31NO4. The highest BCUT2D eigenvalue weighted by Crippen LogP contribution is 2.29. The topological polar surface area (TPSA) is 64.6 Å². The fraction of sp³-hybridized carbons (Fsp3) is 0.241. The number of ether oxygens (including phenoxy) is 2. The van der Waals surface area contributed by atoms with Crippen LogP contribution in [0.4, 0.5) is 5.69 Å².